The fourth-order valence-corrected chi connectivity index (χ4v) is 3.56. The van der Waals surface area contributed by atoms with Crippen LogP contribution in [0, 0.1) is 12.7 Å². The third-order valence-corrected chi connectivity index (χ3v) is 5.81. The molecule has 3 rings (SSSR count). The number of nitrogens with one attached hydrogen (secondary N) is 2. The number of fused-ring (bicyclic) bond motifs is 1. The van der Waals surface area contributed by atoms with Gasteiger partial charge >= 0.3 is 41.3 Å². The Bertz CT molecular complexity index is 1360. The monoisotopic (exact) mass is 487 g/mol. The Morgan fingerprint density at radius 3 is 2.55 bits per heavy atom. The Morgan fingerprint density at radius 2 is 1.91 bits per heavy atom. The van der Waals surface area contributed by atoms with Gasteiger partial charge in [0.25, 0.3) is 10.2 Å². The number of benzene rings is 2. The van der Waals surface area contributed by atoms with Crippen LogP contribution in [0.3, 0.4) is 0 Å². The molecule has 0 unspecified atom stereocenters. The predicted molar refractivity (Wildman–Crippen MR) is 125 cm³/mol. The molecule has 1 aromatic heterocycles. The van der Waals surface area contributed by atoms with E-state index in [0.717, 1.165) is 0 Å². The molecule has 2 aromatic carbocycles. The predicted octanol–water partition coefficient (Wildman–Crippen LogP) is 2.12. The van der Waals surface area contributed by atoms with Crippen LogP contribution in [0.2, 0.25) is 0 Å². The second-order valence-corrected chi connectivity index (χ2v) is 8.80. The molecular formula is C21H23FN3NaO6S. The van der Waals surface area contributed by atoms with Crippen molar-refractivity contribution < 1.29 is 26.8 Å². The number of hydrogen-bond acceptors (Lipinski definition) is 6. The normalized spacial score (nSPS) is 11.1. The first-order chi connectivity index (χ1) is 15.0. The number of aryl methyl sites for hydroxylation is 1. The van der Waals surface area contributed by atoms with Crippen LogP contribution in [0.1, 0.15) is 16.7 Å². The molecular weight excluding hydrogens is 464 g/mol. The van der Waals surface area contributed by atoms with Crippen molar-refractivity contribution in [2.45, 2.75) is 13.3 Å². The number of carbonyl (C=O) groups excluding carboxylic acids is 1. The van der Waals surface area contributed by atoms with Crippen molar-refractivity contribution in [3.8, 4) is 5.75 Å². The number of anilines is 1. The van der Waals surface area contributed by atoms with Crippen molar-refractivity contribution >= 4 is 62.5 Å². The molecule has 3 aromatic rings. The number of halogens is 1. The molecule has 1 amide bonds. The van der Waals surface area contributed by atoms with Gasteiger partial charge in [-0.25, -0.2) is 18.7 Å². The molecule has 0 saturated heterocycles. The molecule has 0 saturated carbocycles. The van der Waals surface area contributed by atoms with E-state index in [1.165, 1.54) is 50.3 Å². The topological polar surface area (TPSA) is 118 Å². The fourth-order valence-electron chi connectivity index (χ4n) is 3.02. The molecule has 2 N–H and O–H groups in total. The Labute approximate surface area is 212 Å². The van der Waals surface area contributed by atoms with E-state index < -0.39 is 27.7 Å². The van der Waals surface area contributed by atoms with Crippen LogP contribution in [0.25, 0.3) is 11.0 Å². The summed E-state index contributed by atoms with van der Waals surface area (Å²) in [6.45, 7) is 1.70. The number of hydrogen-bond donors (Lipinski definition) is 2. The number of amides is 1. The van der Waals surface area contributed by atoms with Crippen LogP contribution in [0.15, 0.2) is 45.6 Å². The summed E-state index contributed by atoms with van der Waals surface area (Å²) < 4.78 is 53.0. The first-order valence-corrected chi connectivity index (χ1v) is 10.9. The van der Waals surface area contributed by atoms with Gasteiger partial charge in [0.15, 0.2) is 5.82 Å². The number of rotatable bonds is 6. The van der Waals surface area contributed by atoms with Crippen LogP contribution in [0.4, 0.5) is 14.9 Å². The van der Waals surface area contributed by atoms with Gasteiger partial charge < -0.3 is 14.1 Å². The molecule has 9 nitrogen and oxygen atoms in total. The summed E-state index contributed by atoms with van der Waals surface area (Å²) in [6, 6.07) is 8.86. The third kappa shape index (κ3) is 6.12. The molecule has 1 heterocycles. The van der Waals surface area contributed by atoms with Crippen molar-refractivity contribution in [2.75, 3.05) is 25.9 Å². The van der Waals surface area contributed by atoms with E-state index in [4.69, 9.17) is 9.15 Å². The summed E-state index contributed by atoms with van der Waals surface area (Å²) in [7, 11) is 0.367. The summed E-state index contributed by atoms with van der Waals surface area (Å²) in [5.41, 5.74) is 0.216. The molecule has 0 aliphatic carbocycles. The number of nitrogens with zero attached hydrogens (tertiary/aromatic N) is 1. The number of carbonyl (C=O) groups is 1. The van der Waals surface area contributed by atoms with E-state index in [0.29, 0.717) is 10.9 Å². The first kappa shape index (κ1) is 26.8. The Hall–Kier alpha value is -2.44. The van der Waals surface area contributed by atoms with E-state index in [1.54, 1.807) is 19.1 Å². The maximum atomic E-state index is 14.9. The van der Waals surface area contributed by atoms with Crippen molar-refractivity contribution in [2.24, 2.45) is 0 Å². The standard InChI is InChI=1S/C21H22FN3O6S.Na.H/c1-12-15-9-8-14(30-21(27)25(3)4)11-18(15)31-20(26)16(12)10-13-6-5-7-17(19(13)22)24-32(28,29)23-2;;/h5-9,11,23-24H,10H2,1-4H3;;. The molecule has 0 atom stereocenters. The zero-order chi connectivity index (χ0) is 23.6. The second kappa shape index (κ2) is 10.7. The van der Waals surface area contributed by atoms with E-state index >= 15 is 0 Å². The summed E-state index contributed by atoms with van der Waals surface area (Å²) >= 11 is 0. The van der Waals surface area contributed by atoms with Crippen LogP contribution in [-0.4, -0.2) is 70.1 Å². The van der Waals surface area contributed by atoms with Gasteiger partial charge in [-0.2, -0.15) is 8.42 Å². The van der Waals surface area contributed by atoms with Crippen molar-refractivity contribution in [1.82, 2.24) is 9.62 Å². The van der Waals surface area contributed by atoms with Crippen molar-refractivity contribution in [3.63, 3.8) is 0 Å². The minimum absolute atomic E-state index is 0. The van der Waals surface area contributed by atoms with Gasteiger partial charge in [0.2, 0.25) is 0 Å². The van der Waals surface area contributed by atoms with Gasteiger partial charge in [0, 0.05) is 44.6 Å². The van der Waals surface area contributed by atoms with Crippen molar-refractivity contribution in [3.05, 3.63) is 69.3 Å². The minimum atomic E-state index is -3.91. The van der Waals surface area contributed by atoms with Crippen LogP contribution in [-0.2, 0) is 16.6 Å². The quantitative estimate of drug-likeness (QED) is 0.406. The summed E-state index contributed by atoms with van der Waals surface area (Å²) in [6.07, 6.45) is -0.688. The second-order valence-electron chi connectivity index (χ2n) is 7.18. The molecule has 0 aliphatic heterocycles. The van der Waals surface area contributed by atoms with Crippen LogP contribution < -0.4 is 19.8 Å². The molecule has 33 heavy (non-hydrogen) atoms. The Balaban J connectivity index is 0.00000385. The molecule has 0 fully saturated rings. The zero-order valence-electron chi connectivity index (χ0n) is 17.9. The van der Waals surface area contributed by atoms with Crippen LogP contribution >= 0.6 is 0 Å². The summed E-state index contributed by atoms with van der Waals surface area (Å²) in [4.78, 5) is 25.6. The van der Waals surface area contributed by atoms with Gasteiger partial charge in [0.05, 0.1) is 5.69 Å². The fraction of sp³-hybridized carbons (Fsp3) is 0.238. The molecule has 0 spiro atoms. The van der Waals surface area contributed by atoms with Gasteiger partial charge in [0.1, 0.15) is 11.3 Å². The Morgan fingerprint density at radius 1 is 1.21 bits per heavy atom. The average molecular weight is 487 g/mol. The Kier molecular flexibility index (Phi) is 8.66. The molecule has 0 radical (unpaired) electrons. The van der Waals surface area contributed by atoms with Gasteiger partial charge in [-0.1, -0.05) is 12.1 Å². The van der Waals surface area contributed by atoms with Gasteiger partial charge in [-0.15, -0.1) is 0 Å². The van der Waals surface area contributed by atoms with Gasteiger partial charge in [-0.3, -0.25) is 4.72 Å². The molecule has 0 bridgehead atoms. The number of ether oxygens (including phenoxy) is 1. The van der Waals surface area contributed by atoms with Crippen LogP contribution in [0.5, 0.6) is 5.75 Å². The SMILES string of the molecule is CNS(=O)(=O)Nc1cccc(Cc2c(C)c3ccc(OC(=O)N(C)C)cc3oc2=O)c1F.[NaH]. The maximum absolute atomic E-state index is 14.9. The van der Waals surface area contributed by atoms with Crippen molar-refractivity contribution in [1.29, 1.82) is 0 Å². The first-order valence-electron chi connectivity index (χ1n) is 9.46. The average Bonchev–Trinajstić information content (AvgIpc) is 2.73. The summed E-state index contributed by atoms with van der Waals surface area (Å²) in [5.74, 6) is -0.585. The molecule has 0 aliphatic rings. The van der Waals surface area contributed by atoms with E-state index in [9.17, 15) is 22.4 Å². The molecule has 172 valence electrons. The zero-order valence-corrected chi connectivity index (χ0v) is 18.7. The van der Waals surface area contributed by atoms with E-state index in [-0.39, 0.29) is 64.1 Å². The van der Waals surface area contributed by atoms with E-state index in [1.807, 2.05) is 4.72 Å². The van der Waals surface area contributed by atoms with Gasteiger partial charge in [-0.05, 0) is 36.2 Å². The van der Waals surface area contributed by atoms with E-state index in [2.05, 4.69) is 4.72 Å². The molecule has 12 heteroatoms. The summed E-state index contributed by atoms with van der Waals surface area (Å²) in [5, 5.41) is 0.594. The third-order valence-electron chi connectivity index (χ3n) is 4.79.